The van der Waals surface area contributed by atoms with Crippen molar-refractivity contribution in [3.05, 3.63) is 89.5 Å². The number of nitrogens with zero attached hydrogens (tertiary/aromatic N) is 1. The minimum Gasteiger partial charge on any atom is -0.465 e. The van der Waals surface area contributed by atoms with Crippen molar-refractivity contribution in [2.75, 3.05) is 48.4 Å². The number of amides is 1. The number of anilines is 3. The number of ether oxygens (including phenoxy) is 1. The summed E-state index contributed by atoms with van der Waals surface area (Å²) in [6.07, 6.45) is 1.86. The number of hydrogen-bond acceptors (Lipinski definition) is 7. The molecular formula is C28H30N4O5S. The lowest BCUT2D eigenvalue weighted by Crippen LogP contribution is -2.32. The van der Waals surface area contributed by atoms with Crippen LogP contribution in [-0.2, 0) is 19.6 Å². The third-order valence-electron chi connectivity index (χ3n) is 6.11. The molecule has 0 unspecified atom stereocenters. The van der Waals surface area contributed by atoms with Crippen LogP contribution in [0.2, 0.25) is 0 Å². The quantitative estimate of drug-likeness (QED) is 0.206. The van der Waals surface area contributed by atoms with Crippen LogP contribution in [0.3, 0.4) is 0 Å². The van der Waals surface area contributed by atoms with Gasteiger partial charge < -0.3 is 20.7 Å². The Balaban J connectivity index is 1.72. The van der Waals surface area contributed by atoms with Gasteiger partial charge in [0.25, 0.3) is 5.91 Å². The highest BCUT2D eigenvalue weighted by Gasteiger charge is 2.29. The molecule has 1 heterocycles. The molecule has 38 heavy (non-hydrogen) atoms. The van der Waals surface area contributed by atoms with Gasteiger partial charge in [0.2, 0.25) is 10.0 Å². The maximum Gasteiger partial charge on any atom is 0.337 e. The standard InChI is InChI=1S/C28H30N4O5S/c1-29-16-7-17-32(38(3,35)36)22-13-11-21(12-14-22)30-26(19-8-5-4-6-9-19)25-23-15-10-20(28(34)37-2)18-24(23)31-27(25)33/h4-6,8-15,18,29-30H,7,16-17H2,1-3H3,(H,31,33). The molecule has 0 atom stereocenters. The summed E-state index contributed by atoms with van der Waals surface area (Å²) in [6, 6.07) is 21.4. The first-order valence-electron chi connectivity index (χ1n) is 12.1. The summed E-state index contributed by atoms with van der Waals surface area (Å²) in [5.41, 5.74) is 4.53. The molecule has 1 aliphatic heterocycles. The summed E-state index contributed by atoms with van der Waals surface area (Å²) < 4.78 is 31.0. The Bertz CT molecular complexity index is 1470. The van der Waals surface area contributed by atoms with Gasteiger partial charge in [-0.25, -0.2) is 13.2 Å². The highest BCUT2D eigenvalue weighted by molar-refractivity contribution is 7.92. The number of rotatable bonds is 10. The second kappa shape index (κ2) is 11.5. The highest BCUT2D eigenvalue weighted by Crippen LogP contribution is 2.38. The maximum absolute atomic E-state index is 13.2. The van der Waals surface area contributed by atoms with E-state index >= 15 is 0 Å². The van der Waals surface area contributed by atoms with Crippen LogP contribution >= 0.6 is 0 Å². The Hall–Kier alpha value is -4.15. The van der Waals surface area contributed by atoms with E-state index in [0.29, 0.717) is 59.0 Å². The Labute approximate surface area is 222 Å². The Morgan fingerprint density at radius 1 is 1.00 bits per heavy atom. The van der Waals surface area contributed by atoms with E-state index in [4.69, 9.17) is 4.74 Å². The monoisotopic (exact) mass is 534 g/mol. The number of methoxy groups -OCH3 is 1. The molecule has 3 aromatic rings. The van der Waals surface area contributed by atoms with Crippen molar-refractivity contribution >= 4 is 50.2 Å². The third kappa shape index (κ3) is 5.87. The van der Waals surface area contributed by atoms with E-state index in [-0.39, 0.29) is 5.91 Å². The lowest BCUT2D eigenvalue weighted by molar-refractivity contribution is -0.110. The van der Waals surface area contributed by atoms with Crippen LogP contribution in [0.4, 0.5) is 17.1 Å². The normalized spacial score (nSPS) is 13.9. The number of sulfonamides is 1. The third-order valence-corrected chi connectivity index (χ3v) is 7.30. The van der Waals surface area contributed by atoms with E-state index < -0.39 is 16.0 Å². The van der Waals surface area contributed by atoms with Crippen molar-refractivity contribution in [3.63, 3.8) is 0 Å². The molecule has 3 N–H and O–H groups in total. The number of hydrogen-bond donors (Lipinski definition) is 3. The van der Waals surface area contributed by atoms with Gasteiger partial charge in [-0.05, 0) is 62.0 Å². The van der Waals surface area contributed by atoms with Crippen molar-refractivity contribution in [2.45, 2.75) is 6.42 Å². The van der Waals surface area contributed by atoms with Gasteiger partial charge in [0, 0.05) is 17.8 Å². The zero-order chi connectivity index (χ0) is 27.3. The molecule has 1 amide bonds. The summed E-state index contributed by atoms with van der Waals surface area (Å²) >= 11 is 0. The van der Waals surface area contributed by atoms with Crippen molar-refractivity contribution < 1.29 is 22.7 Å². The molecule has 3 aromatic carbocycles. The Morgan fingerprint density at radius 3 is 2.34 bits per heavy atom. The number of fused-ring (bicyclic) bond motifs is 1. The zero-order valence-electron chi connectivity index (χ0n) is 21.4. The summed E-state index contributed by atoms with van der Waals surface area (Å²) in [7, 11) is -0.323. The number of benzene rings is 3. The zero-order valence-corrected chi connectivity index (χ0v) is 22.3. The van der Waals surface area contributed by atoms with Gasteiger partial charge >= 0.3 is 5.97 Å². The van der Waals surface area contributed by atoms with Gasteiger partial charge in [-0.15, -0.1) is 0 Å². The average Bonchev–Trinajstić information content (AvgIpc) is 3.24. The number of carbonyl (C=O) groups excluding carboxylic acids is 2. The lowest BCUT2D eigenvalue weighted by Gasteiger charge is -2.23. The lowest BCUT2D eigenvalue weighted by atomic mass is 9.99. The van der Waals surface area contributed by atoms with Gasteiger partial charge in [0.05, 0.1) is 41.6 Å². The smallest absolute Gasteiger partial charge is 0.337 e. The predicted molar refractivity (Wildman–Crippen MR) is 150 cm³/mol. The molecule has 0 saturated heterocycles. The molecule has 0 saturated carbocycles. The molecule has 198 valence electrons. The first-order chi connectivity index (χ1) is 18.2. The molecule has 9 nitrogen and oxygen atoms in total. The average molecular weight is 535 g/mol. The summed E-state index contributed by atoms with van der Waals surface area (Å²) in [6.45, 7) is 1.06. The van der Waals surface area contributed by atoms with E-state index in [1.807, 2.05) is 37.4 Å². The van der Waals surface area contributed by atoms with E-state index in [1.165, 1.54) is 17.7 Å². The van der Waals surface area contributed by atoms with Crippen molar-refractivity contribution in [2.24, 2.45) is 0 Å². The van der Waals surface area contributed by atoms with Crippen molar-refractivity contribution in [3.8, 4) is 0 Å². The Kier molecular flexibility index (Phi) is 8.13. The fourth-order valence-electron chi connectivity index (χ4n) is 4.29. The molecule has 0 radical (unpaired) electrons. The molecule has 0 bridgehead atoms. The summed E-state index contributed by atoms with van der Waals surface area (Å²) in [4.78, 5) is 25.1. The Morgan fingerprint density at radius 2 is 1.71 bits per heavy atom. The van der Waals surface area contributed by atoms with Crippen LogP contribution in [-0.4, -0.2) is 53.8 Å². The molecule has 0 fully saturated rings. The number of esters is 1. The molecule has 4 rings (SSSR count). The largest absolute Gasteiger partial charge is 0.465 e. The molecule has 10 heteroatoms. The topological polar surface area (TPSA) is 117 Å². The minimum atomic E-state index is -3.45. The van der Waals surface area contributed by atoms with Crippen molar-refractivity contribution in [1.29, 1.82) is 0 Å². The molecular weight excluding hydrogens is 504 g/mol. The van der Waals surface area contributed by atoms with E-state index in [0.717, 1.165) is 5.56 Å². The minimum absolute atomic E-state index is 0.308. The first-order valence-corrected chi connectivity index (χ1v) is 13.9. The summed E-state index contributed by atoms with van der Waals surface area (Å²) in [5, 5.41) is 9.24. The molecule has 0 aliphatic carbocycles. The van der Waals surface area contributed by atoms with E-state index in [2.05, 4.69) is 16.0 Å². The van der Waals surface area contributed by atoms with Crippen LogP contribution < -0.4 is 20.3 Å². The highest BCUT2D eigenvalue weighted by atomic mass is 32.2. The number of carbonyl (C=O) groups is 2. The van der Waals surface area contributed by atoms with Crippen LogP contribution in [0, 0.1) is 0 Å². The van der Waals surface area contributed by atoms with E-state index in [1.54, 1.807) is 42.5 Å². The molecule has 0 spiro atoms. The first kappa shape index (κ1) is 26.9. The second-order valence-electron chi connectivity index (χ2n) is 8.79. The SMILES string of the molecule is CNCCCN(c1ccc(NC(=C2C(=O)Nc3cc(C(=O)OC)ccc32)c2ccccc2)cc1)S(C)(=O)=O. The predicted octanol–water partition coefficient (Wildman–Crippen LogP) is 3.78. The van der Waals surface area contributed by atoms with Gasteiger partial charge in [0.1, 0.15) is 0 Å². The van der Waals surface area contributed by atoms with Gasteiger partial charge in [-0.2, -0.15) is 0 Å². The maximum atomic E-state index is 13.2. The van der Waals surface area contributed by atoms with Crippen molar-refractivity contribution in [1.82, 2.24) is 5.32 Å². The number of nitrogens with one attached hydrogen (secondary N) is 3. The fourth-order valence-corrected chi connectivity index (χ4v) is 5.26. The molecule has 0 aromatic heterocycles. The van der Waals surface area contributed by atoms with Gasteiger partial charge in [-0.1, -0.05) is 36.4 Å². The van der Waals surface area contributed by atoms with Crippen LogP contribution in [0.15, 0.2) is 72.8 Å². The van der Waals surface area contributed by atoms with E-state index in [9.17, 15) is 18.0 Å². The van der Waals surface area contributed by atoms with Crippen LogP contribution in [0.25, 0.3) is 11.3 Å². The van der Waals surface area contributed by atoms with Crippen LogP contribution in [0.1, 0.15) is 27.9 Å². The van der Waals surface area contributed by atoms with Gasteiger partial charge in [-0.3, -0.25) is 9.10 Å². The van der Waals surface area contributed by atoms with Gasteiger partial charge in [0.15, 0.2) is 0 Å². The molecule has 1 aliphatic rings. The summed E-state index contributed by atoms with van der Waals surface area (Å²) in [5.74, 6) is -0.798. The fraction of sp³-hybridized carbons (Fsp3) is 0.214. The second-order valence-corrected chi connectivity index (χ2v) is 10.7. The van der Waals surface area contributed by atoms with Crippen LogP contribution in [0.5, 0.6) is 0 Å².